The van der Waals surface area contributed by atoms with Crippen molar-refractivity contribution in [1.82, 2.24) is 0 Å². The van der Waals surface area contributed by atoms with Crippen molar-refractivity contribution in [1.29, 1.82) is 0 Å². The number of benzene rings is 2. The fourth-order valence-electron chi connectivity index (χ4n) is 1.87. The van der Waals surface area contributed by atoms with Crippen LogP contribution in [-0.2, 0) is 11.1 Å². The monoisotopic (exact) mass is 302 g/mol. The van der Waals surface area contributed by atoms with Crippen LogP contribution in [0.4, 0.5) is 0 Å². The van der Waals surface area contributed by atoms with Crippen LogP contribution in [0, 0.1) is 13.8 Å². The molecule has 0 aliphatic carbocycles. The van der Waals surface area contributed by atoms with Crippen LogP contribution in [0.1, 0.15) is 11.1 Å². The molecule has 2 N–H and O–H groups in total. The fraction of sp³-hybridized carbons (Fsp3) is 0.143. The van der Waals surface area contributed by atoms with Gasteiger partial charge >= 0.3 is 51.4 Å². The normalized spacial score (nSPS) is 11.7. The van der Waals surface area contributed by atoms with Crippen molar-refractivity contribution < 1.29 is 13.9 Å². The second kappa shape index (κ2) is 7.13. The van der Waals surface area contributed by atoms with E-state index in [0.29, 0.717) is 16.0 Å². The third-order valence-corrected chi connectivity index (χ3v) is 3.50. The molecular formula is C14H15KO3S. The zero-order valence-corrected chi connectivity index (χ0v) is 11.0. The SMILES string of the molecule is Cc1ccc(O)c(-c2cc(C)ccc2S(=O)O)c1.[KH]. The molecule has 2 aromatic rings. The number of hydrogen-bond acceptors (Lipinski definition) is 2. The number of aryl methyl sites for hydroxylation is 2. The van der Waals surface area contributed by atoms with E-state index in [1.165, 1.54) is 0 Å². The molecule has 1 atom stereocenters. The zero-order chi connectivity index (χ0) is 13.3. The van der Waals surface area contributed by atoms with Crippen molar-refractivity contribution >= 4 is 62.5 Å². The second-order valence-corrected chi connectivity index (χ2v) is 5.21. The minimum absolute atomic E-state index is 0. The van der Waals surface area contributed by atoms with Crippen LogP contribution in [0.2, 0.25) is 0 Å². The first-order chi connectivity index (χ1) is 8.49. The van der Waals surface area contributed by atoms with Crippen molar-refractivity contribution in [2.24, 2.45) is 0 Å². The maximum absolute atomic E-state index is 11.3. The molecule has 2 rings (SSSR count). The quantitative estimate of drug-likeness (QED) is 0.662. The van der Waals surface area contributed by atoms with Gasteiger partial charge in [-0.2, -0.15) is 0 Å². The molecule has 0 heterocycles. The van der Waals surface area contributed by atoms with E-state index in [9.17, 15) is 13.9 Å². The minimum atomic E-state index is -2.08. The van der Waals surface area contributed by atoms with Crippen molar-refractivity contribution in [2.75, 3.05) is 0 Å². The molecule has 2 aromatic carbocycles. The van der Waals surface area contributed by atoms with E-state index in [2.05, 4.69) is 0 Å². The fourth-order valence-corrected chi connectivity index (χ4v) is 2.41. The summed E-state index contributed by atoms with van der Waals surface area (Å²) in [4.78, 5) is 0.307. The molecule has 0 bridgehead atoms. The Hall–Kier alpha value is -0.0136. The van der Waals surface area contributed by atoms with Gasteiger partial charge in [0, 0.05) is 11.1 Å². The standard InChI is InChI=1S/C14H14O3S.K.H/c1-9-3-5-13(15)11(7-9)12-8-10(2)4-6-14(12)18(16)17;;/h3-8,15H,1-2H3,(H,16,17);;. The van der Waals surface area contributed by atoms with Gasteiger partial charge in [-0.15, -0.1) is 0 Å². The predicted molar refractivity (Wildman–Crippen MR) is 79.2 cm³/mol. The van der Waals surface area contributed by atoms with Crippen LogP contribution < -0.4 is 0 Å². The first kappa shape index (κ1) is 17.0. The molecule has 0 saturated heterocycles. The molecule has 0 amide bonds. The molecule has 96 valence electrons. The number of phenols is 1. The van der Waals surface area contributed by atoms with Gasteiger partial charge in [0.1, 0.15) is 5.75 Å². The summed E-state index contributed by atoms with van der Waals surface area (Å²) in [5.41, 5.74) is 3.13. The Bertz CT molecular complexity index is 626. The molecule has 0 aliphatic heterocycles. The van der Waals surface area contributed by atoms with Crippen LogP contribution >= 0.6 is 0 Å². The Kier molecular flexibility index (Phi) is 6.39. The number of phenolic OH excluding ortho intramolecular Hbond substituents is 1. The van der Waals surface area contributed by atoms with E-state index in [4.69, 9.17) is 0 Å². The molecule has 5 heteroatoms. The average molecular weight is 302 g/mol. The Morgan fingerprint density at radius 1 is 0.947 bits per heavy atom. The van der Waals surface area contributed by atoms with E-state index in [1.807, 2.05) is 13.8 Å². The number of rotatable bonds is 2. The Morgan fingerprint density at radius 3 is 2.05 bits per heavy atom. The van der Waals surface area contributed by atoms with Gasteiger partial charge in [0.2, 0.25) is 0 Å². The summed E-state index contributed by atoms with van der Waals surface area (Å²) in [5.74, 6) is 0.109. The van der Waals surface area contributed by atoms with E-state index in [-0.39, 0.29) is 57.1 Å². The third-order valence-electron chi connectivity index (χ3n) is 2.77. The van der Waals surface area contributed by atoms with Crippen LogP contribution in [0.5, 0.6) is 5.75 Å². The molecule has 0 saturated carbocycles. The summed E-state index contributed by atoms with van der Waals surface area (Å²) in [5, 5.41) is 9.90. The Balaban J connectivity index is 0.00000180. The topological polar surface area (TPSA) is 57.5 Å². The van der Waals surface area contributed by atoms with Gasteiger partial charge in [-0.3, -0.25) is 0 Å². The van der Waals surface area contributed by atoms with Gasteiger partial charge in [0.25, 0.3) is 0 Å². The van der Waals surface area contributed by atoms with Crippen LogP contribution in [0.15, 0.2) is 41.3 Å². The molecule has 3 nitrogen and oxygen atoms in total. The van der Waals surface area contributed by atoms with E-state index >= 15 is 0 Å². The van der Waals surface area contributed by atoms with Gasteiger partial charge in [-0.05, 0) is 38.1 Å². The molecular weight excluding hydrogens is 287 g/mol. The summed E-state index contributed by atoms with van der Waals surface area (Å²) >= 11 is -2.08. The van der Waals surface area contributed by atoms with Gasteiger partial charge in [-0.25, -0.2) is 4.21 Å². The second-order valence-electron chi connectivity index (χ2n) is 4.27. The molecule has 19 heavy (non-hydrogen) atoms. The van der Waals surface area contributed by atoms with Crippen LogP contribution in [0.25, 0.3) is 11.1 Å². The van der Waals surface area contributed by atoms with Gasteiger partial charge < -0.3 is 9.66 Å². The predicted octanol–water partition coefficient (Wildman–Crippen LogP) is 2.61. The van der Waals surface area contributed by atoms with Crippen LogP contribution in [-0.4, -0.2) is 65.3 Å². The van der Waals surface area contributed by atoms with Crippen molar-refractivity contribution in [3.8, 4) is 16.9 Å². The van der Waals surface area contributed by atoms with Crippen molar-refractivity contribution in [3.63, 3.8) is 0 Å². The van der Waals surface area contributed by atoms with Crippen molar-refractivity contribution in [2.45, 2.75) is 18.7 Å². The summed E-state index contributed by atoms with van der Waals surface area (Å²) in [6.07, 6.45) is 0. The molecule has 0 aliphatic rings. The van der Waals surface area contributed by atoms with Gasteiger partial charge in [-0.1, -0.05) is 23.3 Å². The molecule has 0 radical (unpaired) electrons. The van der Waals surface area contributed by atoms with Gasteiger partial charge in [0.15, 0.2) is 11.1 Å². The zero-order valence-electron chi connectivity index (χ0n) is 10.2. The Morgan fingerprint density at radius 2 is 1.47 bits per heavy atom. The third kappa shape index (κ3) is 3.98. The molecule has 0 spiro atoms. The summed E-state index contributed by atoms with van der Waals surface area (Å²) in [6, 6.07) is 10.4. The Labute approximate surface area is 157 Å². The average Bonchev–Trinajstić information content (AvgIpc) is 2.31. The first-order valence-electron chi connectivity index (χ1n) is 5.50. The maximum atomic E-state index is 11.3. The van der Waals surface area contributed by atoms with Crippen molar-refractivity contribution in [3.05, 3.63) is 47.5 Å². The first-order valence-corrected chi connectivity index (χ1v) is 6.61. The molecule has 0 aromatic heterocycles. The van der Waals surface area contributed by atoms with E-state index in [1.54, 1.807) is 36.4 Å². The number of aromatic hydroxyl groups is 1. The summed E-state index contributed by atoms with van der Waals surface area (Å²) in [6.45, 7) is 3.81. The van der Waals surface area contributed by atoms with E-state index in [0.717, 1.165) is 11.1 Å². The van der Waals surface area contributed by atoms with E-state index < -0.39 is 11.1 Å². The molecule has 0 fully saturated rings. The number of hydrogen-bond donors (Lipinski definition) is 2. The summed E-state index contributed by atoms with van der Waals surface area (Å²) in [7, 11) is 0. The molecule has 1 unspecified atom stereocenters. The van der Waals surface area contributed by atoms with Crippen LogP contribution in [0.3, 0.4) is 0 Å². The summed E-state index contributed by atoms with van der Waals surface area (Å²) < 4.78 is 20.6. The van der Waals surface area contributed by atoms with Gasteiger partial charge in [0.05, 0.1) is 4.90 Å².